The predicted octanol–water partition coefficient (Wildman–Crippen LogP) is 2.70. The molecule has 0 aliphatic heterocycles. The predicted molar refractivity (Wildman–Crippen MR) is 80.1 cm³/mol. The number of nitrogens with zero attached hydrogens (tertiary/aromatic N) is 2. The molecule has 106 valence electrons. The highest BCUT2D eigenvalue weighted by Crippen LogP contribution is 2.22. The Morgan fingerprint density at radius 2 is 2.05 bits per heavy atom. The van der Waals surface area contributed by atoms with Crippen molar-refractivity contribution < 1.29 is 4.74 Å². The third-order valence-corrected chi connectivity index (χ3v) is 2.98. The zero-order valence-corrected chi connectivity index (χ0v) is 12.1. The normalized spacial score (nSPS) is 10.8. The van der Waals surface area contributed by atoms with Gasteiger partial charge in [-0.1, -0.05) is 32.0 Å². The lowest BCUT2D eigenvalue weighted by Gasteiger charge is -2.10. The van der Waals surface area contributed by atoms with Gasteiger partial charge < -0.3 is 10.2 Å². The highest BCUT2D eigenvalue weighted by Gasteiger charge is 2.09. The fraction of sp³-hybridized carbons (Fsp3) is 0.333. The van der Waals surface area contributed by atoms with Crippen molar-refractivity contribution in [2.45, 2.75) is 26.4 Å². The van der Waals surface area contributed by atoms with Crippen LogP contribution in [0.5, 0.6) is 0 Å². The fourth-order valence-electron chi connectivity index (χ4n) is 1.93. The zero-order valence-electron chi connectivity index (χ0n) is 12.1. The van der Waals surface area contributed by atoms with E-state index in [1.807, 2.05) is 30.3 Å². The molecule has 0 fully saturated rings. The van der Waals surface area contributed by atoms with Gasteiger partial charge in [0.05, 0.1) is 6.61 Å². The minimum absolute atomic E-state index is 0.311. The van der Waals surface area contributed by atoms with E-state index in [-0.39, 0.29) is 0 Å². The molecule has 0 amide bonds. The largest absolute Gasteiger partial charge is 0.380 e. The molecule has 0 aliphatic rings. The minimum atomic E-state index is 0.311. The molecule has 5 nitrogen and oxygen atoms in total. The maximum atomic E-state index is 5.48. The first-order chi connectivity index (χ1) is 9.63. The molecule has 5 heteroatoms. The van der Waals surface area contributed by atoms with Crippen LogP contribution >= 0.6 is 0 Å². The molecule has 3 N–H and O–H groups in total. The molecule has 1 aromatic heterocycles. The van der Waals surface area contributed by atoms with E-state index in [1.165, 1.54) is 0 Å². The second-order valence-electron chi connectivity index (χ2n) is 4.93. The Hall–Kier alpha value is -1.98. The van der Waals surface area contributed by atoms with Gasteiger partial charge in [-0.3, -0.25) is 0 Å². The van der Waals surface area contributed by atoms with Gasteiger partial charge in [-0.15, -0.1) is 0 Å². The Balaban J connectivity index is 2.45. The lowest BCUT2D eigenvalue weighted by molar-refractivity contribution is 0.185. The first-order valence-corrected chi connectivity index (χ1v) is 6.58. The molecule has 20 heavy (non-hydrogen) atoms. The number of methoxy groups -OCH3 is 1. The Kier molecular flexibility index (Phi) is 4.65. The summed E-state index contributed by atoms with van der Waals surface area (Å²) in [5.41, 5.74) is 5.60. The molecule has 0 bridgehead atoms. The van der Waals surface area contributed by atoms with Crippen LogP contribution in [0.15, 0.2) is 30.3 Å². The van der Waals surface area contributed by atoms with Gasteiger partial charge in [0.15, 0.2) is 5.82 Å². The van der Waals surface area contributed by atoms with Crippen LogP contribution in [0.2, 0.25) is 0 Å². The maximum absolute atomic E-state index is 5.48. The van der Waals surface area contributed by atoms with Crippen LogP contribution in [0.1, 0.15) is 31.0 Å². The summed E-state index contributed by atoms with van der Waals surface area (Å²) in [5.74, 6) is 7.08. The number of anilines is 1. The first-order valence-electron chi connectivity index (χ1n) is 6.58. The van der Waals surface area contributed by atoms with Gasteiger partial charge in [0.1, 0.15) is 5.82 Å². The van der Waals surface area contributed by atoms with Gasteiger partial charge in [0, 0.05) is 24.4 Å². The molecule has 0 saturated carbocycles. The van der Waals surface area contributed by atoms with Crippen molar-refractivity contribution in [1.29, 1.82) is 0 Å². The summed E-state index contributed by atoms with van der Waals surface area (Å²) < 4.78 is 5.15. The quantitative estimate of drug-likeness (QED) is 0.646. The second kappa shape index (κ2) is 6.45. The average molecular weight is 272 g/mol. The molecule has 0 unspecified atom stereocenters. The average Bonchev–Trinajstić information content (AvgIpc) is 2.47. The number of nitrogen functional groups attached to an aromatic ring is 1. The van der Waals surface area contributed by atoms with E-state index in [9.17, 15) is 0 Å². The van der Waals surface area contributed by atoms with E-state index in [0.29, 0.717) is 24.2 Å². The topological polar surface area (TPSA) is 73.1 Å². The summed E-state index contributed by atoms with van der Waals surface area (Å²) in [5, 5.41) is 0. The van der Waals surface area contributed by atoms with Crippen molar-refractivity contribution in [3.63, 3.8) is 0 Å². The number of aromatic nitrogens is 2. The first kappa shape index (κ1) is 14.4. The summed E-state index contributed by atoms with van der Waals surface area (Å²) in [6.45, 7) is 4.75. The van der Waals surface area contributed by atoms with E-state index in [1.54, 1.807) is 7.11 Å². The molecule has 2 aromatic rings. The number of ether oxygens (including phenoxy) is 1. The van der Waals surface area contributed by atoms with E-state index in [2.05, 4.69) is 29.2 Å². The number of nitrogens with two attached hydrogens (primary N) is 1. The SMILES string of the molecule is COCc1cccc(-c2nc(NN)cc(C(C)C)n2)c1. The van der Waals surface area contributed by atoms with E-state index < -0.39 is 0 Å². The number of benzene rings is 1. The number of rotatable bonds is 5. The van der Waals surface area contributed by atoms with Crippen LogP contribution in [-0.4, -0.2) is 17.1 Å². The fourth-order valence-corrected chi connectivity index (χ4v) is 1.93. The Bertz CT molecular complexity index is 584. The summed E-state index contributed by atoms with van der Waals surface area (Å²) in [6, 6.07) is 9.88. The van der Waals surface area contributed by atoms with Crippen molar-refractivity contribution in [3.8, 4) is 11.4 Å². The smallest absolute Gasteiger partial charge is 0.161 e. The number of hydrazine groups is 1. The van der Waals surface area contributed by atoms with Gasteiger partial charge in [0.2, 0.25) is 0 Å². The van der Waals surface area contributed by atoms with Crippen LogP contribution < -0.4 is 11.3 Å². The minimum Gasteiger partial charge on any atom is -0.380 e. The third kappa shape index (κ3) is 3.31. The zero-order chi connectivity index (χ0) is 14.5. The lowest BCUT2D eigenvalue weighted by atomic mass is 10.1. The van der Waals surface area contributed by atoms with Crippen LogP contribution in [-0.2, 0) is 11.3 Å². The monoisotopic (exact) mass is 272 g/mol. The molecule has 0 radical (unpaired) electrons. The highest BCUT2D eigenvalue weighted by molar-refractivity contribution is 5.58. The number of nitrogens with one attached hydrogen (secondary N) is 1. The lowest BCUT2D eigenvalue weighted by Crippen LogP contribution is -2.11. The van der Waals surface area contributed by atoms with Gasteiger partial charge in [-0.2, -0.15) is 0 Å². The Morgan fingerprint density at radius 1 is 1.25 bits per heavy atom. The van der Waals surface area contributed by atoms with Gasteiger partial charge in [-0.25, -0.2) is 15.8 Å². The van der Waals surface area contributed by atoms with E-state index >= 15 is 0 Å². The Morgan fingerprint density at radius 3 is 2.70 bits per heavy atom. The molecule has 0 aliphatic carbocycles. The summed E-state index contributed by atoms with van der Waals surface area (Å²) in [7, 11) is 1.68. The third-order valence-electron chi connectivity index (χ3n) is 2.98. The Labute approximate surface area is 119 Å². The van der Waals surface area contributed by atoms with E-state index in [4.69, 9.17) is 10.6 Å². The molecule has 1 aromatic carbocycles. The van der Waals surface area contributed by atoms with Gasteiger partial charge in [0.25, 0.3) is 0 Å². The number of hydrogen-bond acceptors (Lipinski definition) is 5. The van der Waals surface area contributed by atoms with Crippen LogP contribution in [0.4, 0.5) is 5.82 Å². The molecule has 1 heterocycles. The van der Waals surface area contributed by atoms with Crippen LogP contribution in [0.3, 0.4) is 0 Å². The second-order valence-corrected chi connectivity index (χ2v) is 4.93. The molecule has 0 spiro atoms. The molecule has 0 atom stereocenters. The van der Waals surface area contributed by atoms with Crippen molar-refractivity contribution in [2.75, 3.05) is 12.5 Å². The molecular formula is C15H20N4O. The van der Waals surface area contributed by atoms with Crippen molar-refractivity contribution in [1.82, 2.24) is 9.97 Å². The van der Waals surface area contributed by atoms with Gasteiger partial charge >= 0.3 is 0 Å². The molecule has 0 saturated heterocycles. The molecular weight excluding hydrogens is 252 g/mol. The van der Waals surface area contributed by atoms with Crippen LogP contribution in [0, 0.1) is 0 Å². The highest BCUT2D eigenvalue weighted by atomic mass is 16.5. The summed E-state index contributed by atoms with van der Waals surface area (Å²) >= 11 is 0. The van der Waals surface area contributed by atoms with Crippen LogP contribution in [0.25, 0.3) is 11.4 Å². The molecule has 2 rings (SSSR count). The van der Waals surface area contributed by atoms with E-state index in [0.717, 1.165) is 16.8 Å². The van der Waals surface area contributed by atoms with Crippen molar-refractivity contribution >= 4 is 5.82 Å². The maximum Gasteiger partial charge on any atom is 0.161 e. The van der Waals surface area contributed by atoms with Crippen molar-refractivity contribution in [2.24, 2.45) is 5.84 Å². The summed E-state index contributed by atoms with van der Waals surface area (Å²) in [4.78, 5) is 9.02. The summed E-state index contributed by atoms with van der Waals surface area (Å²) in [6.07, 6.45) is 0. The van der Waals surface area contributed by atoms with Gasteiger partial charge in [-0.05, 0) is 17.5 Å². The number of hydrogen-bond donors (Lipinski definition) is 2. The standard InChI is InChI=1S/C15H20N4O/c1-10(2)13-8-14(19-16)18-15(17-13)12-6-4-5-11(7-12)9-20-3/h4-8,10H,9,16H2,1-3H3,(H,17,18,19). The van der Waals surface area contributed by atoms with Crippen molar-refractivity contribution in [3.05, 3.63) is 41.6 Å².